The summed E-state index contributed by atoms with van der Waals surface area (Å²) in [5.74, 6) is 0.178. The predicted octanol–water partition coefficient (Wildman–Crippen LogP) is 3.18. The smallest absolute Gasteiger partial charge is 0.392 e. The van der Waals surface area contributed by atoms with E-state index in [9.17, 15) is 13.2 Å². The minimum absolute atomic E-state index is 0.178. The standard InChI is InChI=1S/C8H7BrF3NO/c9-6-2-1-4-13-7(6)14-5-3-8(10,11)12/h1-2,4H,3,5H2. The summed E-state index contributed by atoms with van der Waals surface area (Å²) < 4.78 is 40.6. The molecule has 0 aliphatic heterocycles. The average Bonchev–Trinajstić information content (AvgIpc) is 2.06. The number of alkyl halides is 3. The van der Waals surface area contributed by atoms with Crippen LogP contribution in [0.2, 0.25) is 0 Å². The normalized spacial score (nSPS) is 11.4. The van der Waals surface area contributed by atoms with Crippen LogP contribution < -0.4 is 4.74 Å². The number of nitrogens with zero attached hydrogens (tertiary/aromatic N) is 1. The minimum atomic E-state index is -4.19. The molecule has 1 rings (SSSR count). The van der Waals surface area contributed by atoms with Gasteiger partial charge in [-0.3, -0.25) is 0 Å². The molecule has 0 radical (unpaired) electrons. The van der Waals surface area contributed by atoms with Crippen LogP contribution in [0.4, 0.5) is 13.2 Å². The Balaban J connectivity index is 2.43. The second kappa shape index (κ2) is 4.63. The highest BCUT2D eigenvalue weighted by atomic mass is 79.9. The van der Waals surface area contributed by atoms with Gasteiger partial charge in [0.25, 0.3) is 0 Å². The molecule has 2 nitrogen and oxygen atoms in total. The fourth-order valence-corrected chi connectivity index (χ4v) is 1.11. The second-order valence-corrected chi connectivity index (χ2v) is 3.36. The molecule has 0 N–H and O–H groups in total. The van der Waals surface area contributed by atoms with Gasteiger partial charge in [0.2, 0.25) is 5.88 Å². The molecule has 0 fully saturated rings. The van der Waals surface area contributed by atoms with Crippen molar-refractivity contribution in [1.29, 1.82) is 0 Å². The van der Waals surface area contributed by atoms with Gasteiger partial charge in [0, 0.05) is 6.20 Å². The van der Waals surface area contributed by atoms with E-state index in [1.165, 1.54) is 6.20 Å². The van der Waals surface area contributed by atoms with Gasteiger partial charge in [0.1, 0.15) is 0 Å². The van der Waals surface area contributed by atoms with Gasteiger partial charge in [-0.15, -0.1) is 0 Å². The van der Waals surface area contributed by atoms with Crippen molar-refractivity contribution in [3.05, 3.63) is 22.8 Å². The lowest BCUT2D eigenvalue weighted by atomic mass is 10.4. The fraction of sp³-hybridized carbons (Fsp3) is 0.375. The van der Waals surface area contributed by atoms with E-state index in [1.54, 1.807) is 12.1 Å². The second-order valence-electron chi connectivity index (χ2n) is 2.50. The molecule has 1 heterocycles. The van der Waals surface area contributed by atoms with Gasteiger partial charge in [0.05, 0.1) is 17.5 Å². The first kappa shape index (κ1) is 11.3. The Morgan fingerprint density at radius 1 is 1.43 bits per heavy atom. The van der Waals surface area contributed by atoms with Crippen LogP contribution in [-0.2, 0) is 0 Å². The Bertz CT molecular complexity index is 303. The Hall–Kier alpha value is -0.780. The molecule has 0 amide bonds. The largest absolute Gasteiger partial charge is 0.477 e. The molecule has 6 heteroatoms. The van der Waals surface area contributed by atoms with Crippen molar-refractivity contribution < 1.29 is 17.9 Å². The number of hydrogen-bond acceptors (Lipinski definition) is 2. The average molecular weight is 270 g/mol. The first-order valence-corrected chi connectivity index (χ1v) is 4.58. The third kappa shape index (κ3) is 3.95. The molecular formula is C8H7BrF3NO. The van der Waals surface area contributed by atoms with Gasteiger partial charge in [-0.1, -0.05) is 0 Å². The van der Waals surface area contributed by atoms with Gasteiger partial charge in [0.15, 0.2) is 0 Å². The van der Waals surface area contributed by atoms with Crippen molar-refractivity contribution in [2.45, 2.75) is 12.6 Å². The van der Waals surface area contributed by atoms with Crippen molar-refractivity contribution in [2.24, 2.45) is 0 Å². The van der Waals surface area contributed by atoms with Crippen LogP contribution >= 0.6 is 15.9 Å². The first-order valence-electron chi connectivity index (χ1n) is 3.79. The topological polar surface area (TPSA) is 22.1 Å². The number of hydrogen-bond donors (Lipinski definition) is 0. The van der Waals surface area contributed by atoms with Crippen molar-refractivity contribution in [1.82, 2.24) is 4.98 Å². The summed E-state index contributed by atoms with van der Waals surface area (Å²) in [7, 11) is 0. The van der Waals surface area contributed by atoms with Crippen LogP contribution in [-0.4, -0.2) is 17.8 Å². The molecule has 0 unspecified atom stereocenters. The third-order valence-electron chi connectivity index (χ3n) is 1.35. The SMILES string of the molecule is FC(F)(F)CCOc1ncccc1Br. The number of aromatic nitrogens is 1. The van der Waals surface area contributed by atoms with Gasteiger partial charge in [-0.05, 0) is 28.1 Å². The molecule has 0 aliphatic rings. The summed E-state index contributed by atoms with van der Waals surface area (Å²) in [4.78, 5) is 3.76. The molecular weight excluding hydrogens is 263 g/mol. The van der Waals surface area contributed by atoms with E-state index in [0.717, 1.165) is 0 Å². The van der Waals surface area contributed by atoms with E-state index >= 15 is 0 Å². The molecule has 0 atom stereocenters. The molecule has 0 spiro atoms. The predicted molar refractivity (Wildman–Crippen MR) is 48.1 cm³/mol. The summed E-state index contributed by atoms with van der Waals surface area (Å²) in [5, 5.41) is 0. The summed E-state index contributed by atoms with van der Waals surface area (Å²) in [6.45, 7) is -0.418. The Morgan fingerprint density at radius 3 is 2.71 bits per heavy atom. The van der Waals surface area contributed by atoms with Crippen molar-refractivity contribution >= 4 is 15.9 Å². The minimum Gasteiger partial charge on any atom is -0.477 e. The first-order chi connectivity index (χ1) is 6.49. The molecule has 0 saturated heterocycles. The number of rotatable bonds is 3. The molecule has 0 saturated carbocycles. The van der Waals surface area contributed by atoms with Crippen molar-refractivity contribution in [2.75, 3.05) is 6.61 Å². The zero-order valence-electron chi connectivity index (χ0n) is 7.01. The van der Waals surface area contributed by atoms with E-state index < -0.39 is 19.2 Å². The van der Waals surface area contributed by atoms with E-state index in [-0.39, 0.29) is 5.88 Å². The van der Waals surface area contributed by atoms with Crippen LogP contribution in [0.3, 0.4) is 0 Å². The molecule has 14 heavy (non-hydrogen) atoms. The highest BCUT2D eigenvalue weighted by Gasteiger charge is 2.27. The van der Waals surface area contributed by atoms with Gasteiger partial charge in [-0.25, -0.2) is 4.98 Å². The number of halogens is 4. The fourth-order valence-electron chi connectivity index (χ4n) is 0.741. The quantitative estimate of drug-likeness (QED) is 0.841. The van der Waals surface area contributed by atoms with E-state index in [4.69, 9.17) is 4.74 Å². The zero-order chi connectivity index (χ0) is 10.6. The molecule has 0 bridgehead atoms. The Kier molecular flexibility index (Phi) is 3.74. The lowest BCUT2D eigenvalue weighted by Crippen LogP contribution is -2.13. The molecule has 0 aromatic carbocycles. The van der Waals surface area contributed by atoms with Crippen LogP contribution in [0.1, 0.15) is 6.42 Å². The maximum absolute atomic E-state index is 11.7. The lowest BCUT2D eigenvalue weighted by Gasteiger charge is -2.08. The van der Waals surface area contributed by atoms with E-state index in [0.29, 0.717) is 4.47 Å². The Labute approximate surface area is 87.2 Å². The highest BCUT2D eigenvalue weighted by molar-refractivity contribution is 9.10. The summed E-state index contributed by atoms with van der Waals surface area (Å²) in [6, 6.07) is 3.30. The van der Waals surface area contributed by atoms with E-state index in [1.807, 2.05) is 0 Å². The maximum atomic E-state index is 11.7. The molecule has 0 aliphatic carbocycles. The van der Waals surface area contributed by atoms with Gasteiger partial charge in [-0.2, -0.15) is 13.2 Å². The van der Waals surface area contributed by atoms with Crippen LogP contribution in [0, 0.1) is 0 Å². The summed E-state index contributed by atoms with van der Waals surface area (Å²) in [6.07, 6.45) is -3.72. The monoisotopic (exact) mass is 269 g/mol. The van der Waals surface area contributed by atoms with Crippen molar-refractivity contribution in [3.8, 4) is 5.88 Å². The van der Waals surface area contributed by atoms with Crippen LogP contribution in [0.25, 0.3) is 0 Å². The van der Waals surface area contributed by atoms with Crippen molar-refractivity contribution in [3.63, 3.8) is 0 Å². The Morgan fingerprint density at radius 2 is 2.14 bits per heavy atom. The zero-order valence-corrected chi connectivity index (χ0v) is 8.60. The third-order valence-corrected chi connectivity index (χ3v) is 1.95. The summed E-state index contributed by atoms with van der Waals surface area (Å²) >= 11 is 3.11. The molecule has 1 aromatic rings. The maximum Gasteiger partial charge on any atom is 0.392 e. The molecule has 1 aromatic heterocycles. The lowest BCUT2D eigenvalue weighted by molar-refractivity contribution is -0.139. The van der Waals surface area contributed by atoms with Crippen LogP contribution in [0.15, 0.2) is 22.8 Å². The van der Waals surface area contributed by atoms with Gasteiger partial charge < -0.3 is 4.74 Å². The number of ether oxygens (including phenoxy) is 1. The number of pyridine rings is 1. The van der Waals surface area contributed by atoms with Gasteiger partial charge >= 0.3 is 6.18 Å². The summed E-state index contributed by atoms with van der Waals surface area (Å²) in [5.41, 5.74) is 0. The van der Waals surface area contributed by atoms with E-state index in [2.05, 4.69) is 20.9 Å². The molecule has 78 valence electrons. The highest BCUT2D eigenvalue weighted by Crippen LogP contribution is 2.23. The van der Waals surface area contributed by atoms with Crippen LogP contribution in [0.5, 0.6) is 5.88 Å².